The van der Waals surface area contributed by atoms with Crippen LogP contribution in [0.2, 0.25) is 0 Å². The van der Waals surface area contributed by atoms with Crippen LogP contribution in [-0.4, -0.2) is 67.0 Å². The Morgan fingerprint density at radius 3 is 2.22 bits per heavy atom. The van der Waals surface area contributed by atoms with Crippen molar-refractivity contribution in [1.82, 2.24) is 9.80 Å². The van der Waals surface area contributed by atoms with Gasteiger partial charge in [-0.25, -0.2) is 17.6 Å². The topological polar surface area (TPSA) is 69.7 Å². The summed E-state index contributed by atoms with van der Waals surface area (Å²) in [5.74, 6) is -0.278. The first kappa shape index (κ1) is 21.6. The Bertz CT molecular complexity index is 727. The van der Waals surface area contributed by atoms with Gasteiger partial charge >= 0.3 is 6.03 Å². The normalized spacial score (nSPS) is 19.0. The molecular formula is C19H30FN3O3S. The van der Waals surface area contributed by atoms with E-state index in [0.717, 1.165) is 0 Å². The molecule has 0 spiro atoms. The minimum Gasteiger partial charge on any atom is -0.319 e. The number of carbonyl (C=O) groups excluding carboxylic acids is 1. The van der Waals surface area contributed by atoms with Crippen LogP contribution < -0.4 is 5.32 Å². The number of carbonyl (C=O) groups is 1. The fourth-order valence-electron chi connectivity index (χ4n) is 3.54. The molecule has 27 heavy (non-hydrogen) atoms. The van der Waals surface area contributed by atoms with Gasteiger partial charge in [0.1, 0.15) is 5.82 Å². The van der Waals surface area contributed by atoms with Gasteiger partial charge in [-0.15, -0.1) is 0 Å². The molecule has 0 bridgehead atoms. The van der Waals surface area contributed by atoms with E-state index in [1.54, 1.807) is 4.90 Å². The van der Waals surface area contributed by atoms with E-state index in [1.807, 2.05) is 0 Å². The van der Waals surface area contributed by atoms with Crippen LogP contribution in [0.15, 0.2) is 24.3 Å². The molecule has 1 saturated heterocycles. The molecule has 1 aliphatic rings. The summed E-state index contributed by atoms with van der Waals surface area (Å²) in [6.45, 7) is 9.49. The summed E-state index contributed by atoms with van der Waals surface area (Å²) in [7, 11) is -3.11. The number of hydrogen-bond acceptors (Lipinski definition) is 4. The number of halogens is 1. The lowest BCUT2D eigenvalue weighted by Gasteiger charge is -2.35. The second-order valence-corrected chi connectivity index (χ2v) is 9.84. The van der Waals surface area contributed by atoms with Gasteiger partial charge in [-0.1, -0.05) is 0 Å². The summed E-state index contributed by atoms with van der Waals surface area (Å²) in [6, 6.07) is 5.49. The molecule has 2 rings (SSSR count). The largest absolute Gasteiger partial charge is 0.322 e. The van der Waals surface area contributed by atoms with Crippen LogP contribution >= 0.6 is 0 Å². The van der Waals surface area contributed by atoms with E-state index in [0.29, 0.717) is 37.3 Å². The monoisotopic (exact) mass is 399 g/mol. The zero-order valence-electron chi connectivity index (χ0n) is 16.5. The lowest BCUT2D eigenvalue weighted by Crippen LogP contribution is -2.49. The van der Waals surface area contributed by atoms with Gasteiger partial charge in [0.05, 0.1) is 11.5 Å². The van der Waals surface area contributed by atoms with Crippen LogP contribution in [0.1, 0.15) is 34.1 Å². The molecule has 0 aliphatic carbocycles. The van der Waals surface area contributed by atoms with E-state index in [9.17, 15) is 17.6 Å². The maximum atomic E-state index is 13.1. The second kappa shape index (κ2) is 9.01. The third-order valence-corrected chi connectivity index (χ3v) is 6.68. The molecular weight excluding hydrogens is 369 g/mol. The Morgan fingerprint density at radius 2 is 1.74 bits per heavy atom. The second-order valence-electron chi connectivity index (χ2n) is 7.61. The highest BCUT2D eigenvalue weighted by Crippen LogP contribution is 2.20. The average molecular weight is 400 g/mol. The third kappa shape index (κ3) is 6.17. The van der Waals surface area contributed by atoms with Crippen LogP contribution in [0, 0.1) is 5.82 Å². The molecule has 6 nitrogen and oxygen atoms in total. The first-order valence-corrected chi connectivity index (χ1v) is 11.2. The Morgan fingerprint density at radius 1 is 1.15 bits per heavy atom. The molecule has 1 aromatic rings. The number of nitrogens with zero attached hydrogens (tertiary/aromatic N) is 2. The minimum absolute atomic E-state index is 0.00675. The molecule has 8 heteroatoms. The number of benzene rings is 1. The van der Waals surface area contributed by atoms with Crippen molar-refractivity contribution in [2.45, 2.75) is 52.2 Å². The van der Waals surface area contributed by atoms with Crippen LogP contribution in [0.5, 0.6) is 0 Å². The smallest absolute Gasteiger partial charge is 0.319 e. The Balaban J connectivity index is 2.13. The predicted molar refractivity (Wildman–Crippen MR) is 106 cm³/mol. The standard InChI is InChI=1S/C19H30FN3O3S/c1-14(2)22(15(3)4)10-11-23(18-9-12-27(25,26)13-18)19(24)21-17-7-5-16(20)6-8-17/h5-8,14-15,18H,9-13H2,1-4H3,(H,21,24). The Labute approximate surface area is 161 Å². The van der Waals surface area contributed by atoms with Gasteiger partial charge in [0.15, 0.2) is 9.84 Å². The number of amides is 2. The van der Waals surface area contributed by atoms with E-state index in [-0.39, 0.29) is 29.4 Å². The van der Waals surface area contributed by atoms with Gasteiger partial charge in [-0.05, 0) is 58.4 Å². The molecule has 152 valence electrons. The molecule has 2 amide bonds. The van der Waals surface area contributed by atoms with Crippen molar-refractivity contribution in [3.63, 3.8) is 0 Å². The summed E-state index contributed by atoms with van der Waals surface area (Å²) in [5.41, 5.74) is 0.483. The summed E-state index contributed by atoms with van der Waals surface area (Å²) >= 11 is 0. The van der Waals surface area contributed by atoms with Crippen molar-refractivity contribution in [2.24, 2.45) is 0 Å². The molecule has 0 radical (unpaired) electrons. The predicted octanol–water partition coefficient (Wildman–Crippen LogP) is 2.97. The maximum absolute atomic E-state index is 13.1. The van der Waals surface area contributed by atoms with Crippen LogP contribution in [0.3, 0.4) is 0 Å². The van der Waals surface area contributed by atoms with Gasteiger partial charge in [-0.2, -0.15) is 0 Å². The van der Waals surface area contributed by atoms with E-state index in [2.05, 4.69) is 37.9 Å². The highest BCUT2D eigenvalue weighted by atomic mass is 32.2. The van der Waals surface area contributed by atoms with Crippen molar-refractivity contribution in [2.75, 3.05) is 29.9 Å². The van der Waals surface area contributed by atoms with E-state index < -0.39 is 9.84 Å². The van der Waals surface area contributed by atoms with Crippen molar-refractivity contribution < 1.29 is 17.6 Å². The van der Waals surface area contributed by atoms with Crippen molar-refractivity contribution in [3.05, 3.63) is 30.1 Å². The summed E-state index contributed by atoms with van der Waals surface area (Å²) in [6.07, 6.45) is 0.447. The van der Waals surface area contributed by atoms with E-state index >= 15 is 0 Å². The number of rotatable bonds is 7. The molecule has 0 saturated carbocycles. The zero-order chi connectivity index (χ0) is 20.2. The van der Waals surface area contributed by atoms with Gasteiger partial charge in [-0.3, -0.25) is 4.90 Å². The fourth-order valence-corrected chi connectivity index (χ4v) is 5.27. The number of hydrogen-bond donors (Lipinski definition) is 1. The Kier molecular flexibility index (Phi) is 7.22. The molecule has 1 fully saturated rings. The van der Waals surface area contributed by atoms with E-state index in [4.69, 9.17) is 0 Å². The van der Waals surface area contributed by atoms with Gasteiger partial charge in [0, 0.05) is 36.9 Å². The molecule has 1 atom stereocenters. The fraction of sp³-hybridized carbons (Fsp3) is 0.632. The van der Waals surface area contributed by atoms with Crippen molar-refractivity contribution >= 4 is 21.6 Å². The SMILES string of the molecule is CC(C)N(CCN(C(=O)Nc1ccc(F)cc1)C1CCS(=O)(=O)C1)C(C)C. The first-order chi connectivity index (χ1) is 12.6. The summed E-state index contributed by atoms with van der Waals surface area (Å²) < 4.78 is 36.9. The molecule has 1 unspecified atom stereocenters. The molecule has 1 aromatic carbocycles. The highest BCUT2D eigenvalue weighted by molar-refractivity contribution is 7.91. The quantitative estimate of drug-likeness (QED) is 0.765. The maximum Gasteiger partial charge on any atom is 0.322 e. The molecule has 1 N–H and O–H groups in total. The van der Waals surface area contributed by atoms with E-state index in [1.165, 1.54) is 24.3 Å². The number of sulfone groups is 1. The summed E-state index contributed by atoms with van der Waals surface area (Å²) in [4.78, 5) is 16.7. The van der Waals surface area contributed by atoms with Gasteiger partial charge in [0.2, 0.25) is 0 Å². The zero-order valence-corrected chi connectivity index (χ0v) is 17.3. The van der Waals surface area contributed by atoms with Crippen LogP contribution in [-0.2, 0) is 9.84 Å². The van der Waals surface area contributed by atoms with Gasteiger partial charge in [0.25, 0.3) is 0 Å². The molecule has 1 aliphatic heterocycles. The Hall–Kier alpha value is -1.67. The minimum atomic E-state index is -3.11. The number of anilines is 1. The lowest BCUT2D eigenvalue weighted by atomic mass is 10.2. The number of urea groups is 1. The van der Waals surface area contributed by atoms with Crippen LogP contribution in [0.4, 0.5) is 14.9 Å². The molecule has 1 heterocycles. The first-order valence-electron chi connectivity index (χ1n) is 9.38. The lowest BCUT2D eigenvalue weighted by molar-refractivity contribution is 0.138. The molecule has 0 aromatic heterocycles. The van der Waals surface area contributed by atoms with Crippen molar-refractivity contribution in [1.29, 1.82) is 0 Å². The highest BCUT2D eigenvalue weighted by Gasteiger charge is 2.35. The average Bonchev–Trinajstić information content (AvgIpc) is 2.92. The number of nitrogens with one attached hydrogen (secondary N) is 1. The summed E-state index contributed by atoms with van der Waals surface area (Å²) in [5, 5.41) is 2.76. The van der Waals surface area contributed by atoms with Gasteiger partial charge < -0.3 is 10.2 Å². The van der Waals surface area contributed by atoms with Crippen molar-refractivity contribution in [3.8, 4) is 0 Å². The van der Waals surface area contributed by atoms with Crippen LogP contribution in [0.25, 0.3) is 0 Å². The third-order valence-electron chi connectivity index (χ3n) is 4.93.